The van der Waals surface area contributed by atoms with E-state index in [2.05, 4.69) is 31.4 Å². The highest BCUT2D eigenvalue weighted by Gasteiger charge is 2.13. The fourth-order valence-electron chi connectivity index (χ4n) is 1.40. The minimum atomic E-state index is 0.513. The van der Waals surface area contributed by atoms with E-state index in [1.807, 2.05) is 0 Å². The molecule has 4 N–H and O–H groups in total. The topological polar surface area (TPSA) is 50.1 Å². The second kappa shape index (κ2) is 9.13. The molecule has 0 unspecified atom stereocenters. The second-order valence-electron chi connectivity index (χ2n) is 4.91. The second-order valence-corrected chi connectivity index (χ2v) is 4.91. The van der Waals surface area contributed by atoms with Crippen LogP contribution in [0.4, 0.5) is 0 Å². The molecular weight excluding hydrogens is 186 g/mol. The molecule has 0 atom stereocenters. The van der Waals surface area contributed by atoms with Gasteiger partial charge in [0.25, 0.3) is 0 Å². The zero-order chi connectivity index (χ0) is 11.6. The molecule has 3 heteroatoms. The summed E-state index contributed by atoms with van der Waals surface area (Å²) in [4.78, 5) is 0. The summed E-state index contributed by atoms with van der Waals surface area (Å²) in [5.74, 6) is 0. The monoisotopic (exact) mass is 215 g/mol. The minimum Gasteiger partial charge on any atom is -0.329 e. The van der Waals surface area contributed by atoms with Crippen molar-refractivity contribution in [3.05, 3.63) is 0 Å². The summed E-state index contributed by atoms with van der Waals surface area (Å²) in [6, 6.07) is 0. The summed E-state index contributed by atoms with van der Waals surface area (Å²) < 4.78 is 0. The summed E-state index contributed by atoms with van der Waals surface area (Å²) in [6.07, 6.45) is 3.86. The van der Waals surface area contributed by atoms with Crippen molar-refractivity contribution in [2.75, 3.05) is 32.7 Å². The first-order chi connectivity index (χ1) is 7.12. The molecule has 0 aliphatic carbocycles. The van der Waals surface area contributed by atoms with Gasteiger partial charge in [-0.15, -0.1) is 0 Å². The molecule has 0 aliphatic rings. The van der Waals surface area contributed by atoms with Crippen molar-refractivity contribution in [1.29, 1.82) is 0 Å². The average Bonchev–Trinajstić information content (AvgIpc) is 2.22. The Labute approximate surface area is 95.2 Å². The van der Waals surface area contributed by atoms with Gasteiger partial charge in [-0.05, 0) is 24.8 Å². The third kappa shape index (κ3) is 10.2. The number of hydrogen-bond acceptors (Lipinski definition) is 3. The van der Waals surface area contributed by atoms with E-state index >= 15 is 0 Å². The van der Waals surface area contributed by atoms with Crippen LogP contribution in [0.1, 0.15) is 40.0 Å². The van der Waals surface area contributed by atoms with Gasteiger partial charge in [0.2, 0.25) is 0 Å². The summed E-state index contributed by atoms with van der Waals surface area (Å²) in [7, 11) is 0. The summed E-state index contributed by atoms with van der Waals surface area (Å²) in [5.41, 5.74) is 5.88. The Morgan fingerprint density at radius 2 is 1.60 bits per heavy atom. The number of rotatable bonds is 10. The minimum absolute atomic E-state index is 0.513. The van der Waals surface area contributed by atoms with Gasteiger partial charge in [0.05, 0.1) is 0 Å². The summed E-state index contributed by atoms with van der Waals surface area (Å²) in [6.45, 7) is 11.8. The Morgan fingerprint density at radius 3 is 2.13 bits per heavy atom. The number of nitrogens with two attached hydrogens (primary N) is 1. The molecule has 0 heterocycles. The first-order valence-corrected chi connectivity index (χ1v) is 6.24. The van der Waals surface area contributed by atoms with E-state index in [0.717, 1.165) is 32.7 Å². The van der Waals surface area contributed by atoms with Crippen LogP contribution in [0, 0.1) is 5.41 Å². The quantitative estimate of drug-likeness (QED) is 0.482. The standard InChI is InChI=1S/C12H29N3/c1-4-12(2,3)6-5-8-14-10-11-15-9-7-13/h14-15H,4-11,13H2,1-3H3. The van der Waals surface area contributed by atoms with E-state index in [0.29, 0.717) is 5.41 Å². The van der Waals surface area contributed by atoms with Gasteiger partial charge in [0.1, 0.15) is 0 Å². The first kappa shape index (κ1) is 14.9. The SMILES string of the molecule is CCC(C)(C)CCCNCCNCCN. The lowest BCUT2D eigenvalue weighted by Crippen LogP contribution is -2.31. The molecule has 0 amide bonds. The van der Waals surface area contributed by atoms with Crippen LogP contribution in [-0.4, -0.2) is 32.7 Å². The van der Waals surface area contributed by atoms with Gasteiger partial charge >= 0.3 is 0 Å². The molecule has 92 valence electrons. The molecule has 0 saturated heterocycles. The van der Waals surface area contributed by atoms with Crippen molar-refractivity contribution >= 4 is 0 Å². The normalized spacial score (nSPS) is 12.0. The van der Waals surface area contributed by atoms with E-state index in [9.17, 15) is 0 Å². The van der Waals surface area contributed by atoms with Gasteiger partial charge in [0, 0.05) is 26.2 Å². The average molecular weight is 215 g/mol. The van der Waals surface area contributed by atoms with Crippen molar-refractivity contribution in [2.45, 2.75) is 40.0 Å². The fourth-order valence-corrected chi connectivity index (χ4v) is 1.40. The summed E-state index contributed by atoms with van der Waals surface area (Å²) >= 11 is 0. The molecule has 0 fully saturated rings. The molecule has 0 aliphatic heterocycles. The Balaban J connectivity index is 3.11. The molecule has 0 aromatic carbocycles. The van der Waals surface area contributed by atoms with Crippen LogP contribution in [-0.2, 0) is 0 Å². The van der Waals surface area contributed by atoms with Gasteiger partial charge in [-0.25, -0.2) is 0 Å². The van der Waals surface area contributed by atoms with Crippen molar-refractivity contribution in [3.8, 4) is 0 Å². The highest BCUT2D eigenvalue weighted by Crippen LogP contribution is 2.25. The highest BCUT2D eigenvalue weighted by atomic mass is 14.9. The lowest BCUT2D eigenvalue weighted by atomic mass is 9.85. The predicted octanol–water partition coefficient (Wildman–Crippen LogP) is 1.34. The number of hydrogen-bond donors (Lipinski definition) is 3. The molecular formula is C12H29N3. The molecule has 0 saturated carbocycles. The van der Waals surface area contributed by atoms with Gasteiger partial charge < -0.3 is 16.4 Å². The van der Waals surface area contributed by atoms with Crippen LogP contribution in [0.3, 0.4) is 0 Å². The van der Waals surface area contributed by atoms with Crippen molar-refractivity contribution in [1.82, 2.24) is 10.6 Å². The van der Waals surface area contributed by atoms with E-state index in [1.54, 1.807) is 0 Å². The smallest absolute Gasteiger partial charge is 0.00772 e. The van der Waals surface area contributed by atoms with Crippen molar-refractivity contribution in [3.63, 3.8) is 0 Å². The van der Waals surface area contributed by atoms with Crippen LogP contribution in [0.25, 0.3) is 0 Å². The van der Waals surface area contributed by atoms with Gasteiger partial charge in [-0.1, -0.05) is 27.2 Å². The third-order valence-electron chi connectivity index (χ3n) is 2.96. The Bertz CT molecular complexity index is 135. The third-order valence-corrected chi connectivity index (χ3v) is 2.96. The highest BCUT2D eigenvalue weighted by molar-refractivity contribution is 4.66. The van der Waals surface area contributed by atoms with Crippen molar-refractivity contribution in [2.24, 2.45) is 11.1 Å². The van der Waals surface area contributed by atoms with Gasteiger partial charge in [-0.3, -0.25) is 0 Å². The van der Waals surface area contributed by atoms with Crippen molar-refractivity contribution < 1.29 is 0 Å². The Kier molecular flexibility index (Phi) is 9.06. The lowest BCUT2D eigenvalue weighted by molar-refractivity contribution is 0.310. The predicted molar refractivity (Wildman–Crippen MR) is 68.1 cm³/mol. The van der Waals surface area contributed by atoms with Crippen LogP contribution >= 0.6 is 0 Å². The molecule has 0 spiro atoms. The van der Waals surface area contributed by atoms with E-state index in [4.69, 9.17) is 5.73 Å². The van der Waals surface area contributed by atoms with Crippen LogP contribution < -0.4 is 16.4 Å². The first-order valence-electron chi connectivity index (χ1n) is 6.24. The maximum atomic E-state index is 5.37. The summed E-state index contributed by atoms with van der Waals surface area (Å²) in [5, 5.41) is 6.70. The molecule has 3 nitrogen and oxygen atoms in total. The fraction of sp³-hybridized carbons (Fsp3) is 1.00. The van der Waals surface area contributed by atoms with E-state index < -0.39 is 0 Å². The van der Waals surface area contributed by atoms with Gasteiger partial charge in [-0.2, -0.15) is 0 Å². The number of nitrogens with one attached hydrogen (secondary N) is 2. The Morgan fingerprint density at radius 1 is 1.00 bits per heavy atom. The van der Waals surface area contributed by atoms with Crippen LogP contribution in [0.2, 0.25) is 0 Å². The zero-order valence-electron chi connectivity index (χ0n) is 10.7. The Hall–Kier alpha value is -0.120. The molecule has 0 rings (SSSR count). The zero-order valence-corrected chi connectivity index (χ0v) is 10.7. The van der Waals surface area contributed by atoms with Gasteiger partial charge in [0.15, 0.2) is 0 Å². The molecule has 0 radical (unpaired) electrons. The largest absolute Gasteiger partial charge is 0.329 e. The molecule has 0 bridgehead atoms. The van der Waals surface area contributed by atoms with Crippen LogP contribution in [0.15, 0.2) is 0 Å². The molecule has 0 aromatic rings. The molecule has 15 heavy (non-hydrogen) atoms. The van der Waals surface area contributed by atoms with E-state index in [1.165, 1.54) is 19.3 Å². The lowest BCUT2D eigenvalue weighted by Gasteiger charge is -2.22. The van der Waals surface area contributed by atoms with E-state index in [-0.39, 0.29) is 0 Å². The molecule has 0 aromatic heterocycles. The maximum absolute atomic E-state index is 5.37. The maximum Gasteiger partial charge on any atom is 0.00772 e. The van der Waals surface area contributed by atoms with Crippen LogP contribution in [0.5, 0.6) is 0 Å².